The molecule has 29 heavy (non-hydrogen) atoms. The van der Waals surface area contributed by atoms with Crippen molar-refractivity contribution in [2.24, 2.45) is 0 Å². The van der Waals surface area contributed by atoms with Gasteiger partial charge in [-0.05, 0) is 42.3 Å². The van der Waals surface area contributed by atoms with Gasteiger partial charge in [0.2, 0.25) is 5.91 Å². The van der Waals surface area contributed by atoms with Gasteiger partial charge >= 0.3 is 6.03 Å². The summed E-state index contributed by atoms with van der Waals surface area (Å²) in [5, 5.41) is 5.16. The number of benzene rings is 2. The summed E-state index contributed by atoms with van der Waals surface area (Å²) in [6, 6.07) is 9.96. The molecule has 0 aliphatic carbocycles. The summed E-state index contributed by atoms with van der Waals surface area (Å²) >= 11 is 0. The first-order valence-electron chi connectivity index (χ1n) is 9.31. The zero-order chi connectivity index (χ0) is 21.0. The van der Waals surface area contributed by atoms with E-state index in [1.165, 1.54) is 42.5 Å². The Labute approximate surface area is 166 Å². The molecule has 1 fully saturated rings. The summed E-state index contributed by atoms with van der Waals surface area (Å²) < 4.78 is 26.6. The molecule has 0 saturated carbocycles. The number of hydrogen-bond acceptors (Lipinski definition) is 3. The van der Waals surface area contributed by atoms with Gasteiger partial charge in [-0.1, -0.05) is 38.0 Å². The lowest BCUT2D eigenvalue weighted by Crippen LogP contribution is -2.44. The molecule has 1 aliphatic rings. The average molecular weight is 401 g/mol. The fourth-order valence-electron chi connectivity index (χ4n) is 3.37. The largest absolute Gasteiger partial charge is 0.325 e. The van der Waals surface area contributed by atoms with Gasteiger partial charge in [0.05, 0.1) is 0 Å². The third-order valence-corrected chi connectivity index (χ3v) is 4.83. The molecule has 0 unspecified atom stereocenters. The van der Waals surface area contributed by atoms with E-state index < -0.39 is 41.6 Å². The monoisotopic (exact) mass is 401 g/mol. The Kier molecular flexibility index (Phi) is 5.91. The first-order valence-corrected chi connectivity index (χ1v) is 9.31. The van der Waals surface area contributed by atoms with E-state index >= 15 is 0 Å². The normalized spacial score (nSPS) is 18.7. The Morgan fingerprint density at radius 3 is 2.48 bits per heavy atom. The highest BCUT2D eigenvalue weighted by atomic mass is 19.1. The summed E-state index contributed by atoms with van der Waals surface area (Å²) in [4.78, 5) is 38.9. The van der Waals surface area contributed by atoms with Gasteiger partial charge in [-0.3, -0.25) is 14.5 Å². The molecule has 152 valence electrons. The minimum absolute atomic E-state index is 0.220. The Bertz CT molecular complexity index is 933. The van der Waals surface area contributed by atoms with Crippen LogP contribution in [0, 0.1) is 11.6 Å². The quantitative estimate of drug-likeness (QED) is 0.697. The van der Waals surface area contributed by atoms with Crippen LogP contribution < -0.4 is 10.6 Å². The van der Waals surface area contributed by atoms with Crippen LogP contribution in [0.1, 0.15) is 31.7 Å². The standard InChI is InChI=1S/C21H21F2N3O3/c1-2-3-11-21(14-7-9-15(22)10-8-14)19(28)26(20(29)25-21)13-18(27)24-17-6-4-5-16(23)12-17/h4-10,12H,2-3,11,13H2,1H3,(H,24,27)(H,25,29)/t21-/m1/s1. The van der Waals surface area contributed by atoms with Crippen LogP contribution in [0.2, 0.25) is 0 Å². The lowest BCUT2D eigenvalue weighted by atomic mass is 9.85. The van der Waals surface area contributed by atoms with Gasteiger partial charge in [0.15, 0.2) is 0 Å². The van der Waals surface area contributed by atoms with Crippen molar-refractivity contribution in [1.82, 2.24) is 10.2 Å². The molecule has 1 atom stereocenters. The van der Waals surface area contributed by atoms with Crippen molar-refractivity contribution in [3.8, 4) is 0 Å². The maximum Gasteiger partial charge on any atom is 0.325 e. The number of anilines is 1. The van der Waals surface area contributed by atoms with Crippen LogP contribution in [0.4, 0.5) is 19.3 Å². The number of amides is 4. The van der Waals surface area contributed by atoms with Crippen molar-refractivity contribution in [2.75, 3.05) is 11.9 Å². The molecule has 1 aliphatic heterocycles. The number of nitrogens with zero attached hydrogens (tertiary/aromatic N) is 1. The van der Waals surface area contributed by atoms with E-state index in [1.807, 2.05) is 6.92 Å². The first kappa shape index (κ1) is 20.4. The molecule has 3 rings (SSSR count). The molecular weight excluding hydrogens is 380 g/mol. The predicted molar refractivity (Wildman–Crippen MR) is 103 cm³/mol. The van der Waals surface area contributed by atoms with Crippen LogP contribution in [0.25, 0.3) is 0 Å². The Hall–Kier alpha value is -3.29. The number of halogens is 2. The van der Waals surface area contributed by atoms with Crippen molar-refractivity contribution in [1.29, 1.82) is 0 Å². The summed E-state index contributed by atoms with van der Waals surface area (Å²) in [6.45, 7) is 1.43. The van der Waals surface area contributed by atoms with Gasteiger partial charge in [-0.15, -0.1) is 0 Å². The number of carbonyl (C=O) groups is 3. The number of carbonyl (C=O) groups excluding carboxylic acids is 3. The lowest BCUT2D eigenvalue weighted by Gasteiger charge is -2.27. The zero-order valence-electron chi connectivity index (χ0n) is 15.9. The molecule has 0 aromatic heterocycles. The molecule has 4 amide bonds. The third-order valence-electron chi connectivity index (χ3n) is 4.83. The number of rotatable bonds is 7. The zero-order valence-corrected chi connectivity index (χ0v) is 15.9. The van der Waals surface area contributed by atoms with E-state index in [0.29, 0.717) is 18.4 Å². The van der Waals surface area contributed by atoms with E-state index in [2.05, 4.69) is 10.6 Å². The maximum atomic E-state index is 13.3. The summed E-state index contributed by atoms with van der Waals surface area (Å²) in [5.74, 6) is -2.18. The first-order chi connectivity index (χ1) is 13.9. The van der Waals surface area contributed by atoms with Gasteiger partial charge in [0.1, 0.15) is 23.7 Å². The van der Waals surface area contributed by atoms with Gasteiger partial charge in [0.25, 0.3) is 5.91 Å². The van der Waals surface area contributed by atoms with Crippen molar-refractivity contribution in [2.45, 2.75) is 31.7 Å². The summed E-state index contributed by atoms with van der Waals surface area (Å²) in [7, 11) is 0. The molecule has 6 nitrogen and oxygen atoms in total. The van der Waals surface area contributed by atoms with Crippen LogP contribution in [0.5, 0.6) is 0 Å². The molecule has 0 radical (unpaired) electrons. The van der Waals surface area contributed by atoms with Crippen molar-refractivity contribution in [3.63, 3.8) is 0 Å². The van der Waals surface area contributed by atoms with Gasteiger partial charge in [-0.2, -0.15) is 0 Å². The second kappa shape index (κ2) is 8.38. The minimum Gasteiger partial charge on any atom is -0.324 e. The fourth-order valence-corrected chi connectivity index (χ4v) is 3.37. The van der Waals surface area contributed by atoms with E-state index in [9.17, 15) is 23.2 Å². The number of urea groups is 1. The topological polar surface area (TPSA) is 78.5 Å². The molecule has 1 heterocycles. The second-order valence-electron chi connectivity index (χ2n) is 6.90. The van der Waals surface area contributed by atoms with Crippen LogP contribution >= 0.6 is 0 Å². The molecule has 2 aromatic carbocycles. The highest BCUT2D eigenvalue weighted by molar-refractivity contribution is 6.10. The highest BCUT2D eigenvalue weighted by Gasteiger charge is 2.52. The van der Waals surface area contributed by atoms with Crippen LogP contribution in [0.3, 0.4) is 0 Å². The summed E-state index contributed by atoms with van der Waals surface area (Å²) in [5.41, 5.74) is -0.670. The molecule has 2 aromatic rings. The number of unbranched alkanes of at least 4 members (excludes halogenated alkanes) is 1. The number of imide groups is 1. The molecule has 8 heteroatoms. The Morgan fingerprint density at radius 2 is 1.83 bits per heavy atom. The maximum absolute atomic E-state index is 13.3. The van der Waals surface area contributed by atoms with E-state index in [0.717, 1.165) is 17.4 Å². The second-order valence-corrected chi connectivity index (χ2v) is 6.90. The number of hydrogen-bond donors (Lipinski definition) is 2. The summed E-state index contributed by atoms with van der Waals surface area (Å²) in [6.07, 6.45) is 1.75. The van der Waals surface area contributed by atoms with Crippen LogP contribution in [-0.2, 0) is 15.1 Å². The van der Waals surface area contributed by atoms with Gasteiger partial charge in [0, 0.05) is 5.69 Å². The Balaban J connectivity index is 1.81. The Morgan fingerprint density at radius 1 is 1.10 bits per heavy atom. The van der Waals surface area contributed by atoms with Gasteiger partial charge < -0.3 is 10.6 Å². The van der Waals surface area contributed by atoms with E-state index in [-0.39, 0.29) is 5.69 Å². The van der Waals surface area contributed by atoms with Crippen molar-refractivity contribution in [3.05, 3.63) is 65.7 Å². The third kappa shape index (κ3) is 4.26. The molecule has 2 N–H and O–H groups in total. The number of nitrogens with one attached hydrogen (secondary N) is 2. The smallest absolute Gasteiger partial charge is 0.324 e. The van der Waals surface area contributed by atoms with Crippen molar-refractivity contribution >= 4 is 23.5 Å². The molecule has 0 spiro atoms. The fraction of sp³-hybridized carbons (Fsp3) is 0.286. The lowest BCUT2D eigenvalue weighted by molar-refractivity contribution is -0.134. The van der Waals surface area contributed by atoms with Crippen LogP contribution in [-0.4, -0.2) is 29.3 Å². The van der Waals surface area contributed by atoms with E-state index in [1.54, 1.807) is 0 Å². The SMILES string of the molecule is CCCC[C@]1(c2ccc(F)cc2)NC(=O)N(CC(=O)Nc2cccc(F)c2)C1=O. The molecule has 0 bridgehead atoms. The van der Waals surface area contributed by atoms with Gasteiger partial charge in [-0.25, -0.2) is 13.6 Å². The highest BCUT2D eigenvalue weighted by Crippen LogP contribution is 2.34. The van der Waals surface area contributed by atoms with Crippen molar-refractivity contribution < 1.29 is 23.2 Å². The van der Waals surface area contributed by atoms with Crippen LogP contribution in [0.15, 0.2) is 48.5 Å². The average Bonchev–Trinajstić information content (AvgIpc) is 2.92. The van der Waals surface area contributed by atoms with E-state index in [4.69, 9.17) is 0 Å². The molecule has 1 saturated heterocycles. The minimum atomic E-state index is -1.35. The predicted octanol–water partition coefficient (Wildman–Crippen LogP) is 3.54. The molecular formula is C21H21F2N3O3.